The minimum absolute atomic E-state index is 0.0355. The van der Waals surface area contributed by atoms with Crippen molar-refractivity contribution in [1.82, 2.24) is 14.5 Å². The summed E-state index contributed by atoms with van der Waals surface area (Å²) in [4.78, 5) is 37.9. The lowest BCUT2D eigenvalue weighted by molar-refractivity contribution is -0.122. The number of hydrogen-bond donors (Lipinski definition) is 1. The van der Waals surface area contributed by atoms with E-state index in [9.17, 15) is 19.6 Å². The molecule has 2 heterocycles. The third-order valence-electron chi connectivity index (χ3n) is 4.99. The second-order valence-electron chi connectivity index (χ2n) is 7.52. The number of carbonyl (C=O) groups excluding carboxylic acids is 1. The topological polar surface area (TPSA) is 96.9 Å². The normalized spacial score (nSPS) is 13.8. The molecule has 0 unspecified atom stereocenters. The van der Waals surface area contributed by atoms with Crippen LogP contribution in [0.15, 0.2) is 39.9 Å². The molecule has 1 aliphatic rings. The SMILES string of the molecule is CC(C)C[C@@H](NC(=O)Cn1c(=O)c(C#N)c2n(c1=O)CCC2)c1ccccc1. The lowest BCUT2D eigenvalue weighted by Crippen LogP contribution is -2.45. The quantitative estimate of drug-likeness (QED) is 0.825. The molecule has 7 nitrogen and oxygen atoms in total. The summed E-state index contributed by atoms with van der Waals surface area (Å²) in [5, 5.41) is 12.3. The zero-order chi connectivity index (χ0) is 20.3. The van der Waals surface area contributed by atoms with Crippen LogP contribution in [0.4, 0.5) is 0 Å². The molecule has 0 saturated heterocycles. The fourth-order valence-corrected chi connectivity index (χ4v) is 3.71. The molecule has 1 atom stereocenters. The largest absolute Gasteiger partial charge is 0.348 e. The molecule has 1 aromatic heterocycles. The van der Waals surface area contributed by atoms with E-state index in [0.29, 0.717) is 31.0 Å². The number of nitriles is 1. The zero-order valence-corrected chi connectivity index (χ0v) is 16.1. The molecule has 146 valence electrons. The summed E-state index contributed by atoms with van der Waals surface area (Å²) in [6.07, 6.45) is 1.98. The molecule has 1 aromatic carbocycles. The summed E-state index contributed by atoms with van der Waals surface area (Å²) >= 11 is 0. The minimum Gasteiger partial charge on any atom is -0.348 e. The highest BCUT2D eigenvalue weighted by molar-refractivity contribution is 5.76. The van der Waals surface area contributed by atoms with Crippen molar-refractivity contribution in [3.8, 4) is 6.07 Å². The molecule has 28 heavy (non-hydrogen) atoms. The van der Waals surface area contributed by atoms with E-state index in [4.69, 9.17) is 0 Å². The number of carbonyl (C=O) groups is 1. The Morgan fingerprint density at radius 1 is 1.25 bits per heavy atom. The molecular weight excluding hydrogens is 356 g/mol. The molecule has 0 saturated carbocycles. The summed E-state index contributed by atoms with van der Waals surface area (Å²) in [6, 6.07) is 11.3. The van der Waals surface area contributed by atoms with Crippen LogP contribution in [0, 0.1) is 17.2 Å². The monoisotopic (exact) mass is 380 g/mol. The summed E-state index contributed by atoms with van der Waals surface area (Å²) in [5.41, 5.74) is 0.214. The first kappa shape index (κ1) is 19.6. The summed E-state index contributed by atoms with van der Waals surface area (Å²) < 4.78 is 2.32. The van der Waals surface area contributed by atoms with Gasteiger partial charge in [0.15, 0.2) is 0 Å². The Bertz CT molecular complexity index is 1030. The maximum absolute atomic E-state index is 12.7. The van der Waals surface area contributed by atoms with Gasteiger partial charge in [-0.05, 0) is 30.7 Å². The molecule has 2 aromatic rings. The van der Waals surface area contributed by atoms with Gasteiger partial charge >= 0.3 is 5.69 Å². The Hall–Kier alpha value is -3.14. The van der Waals surface area contributed by atoms with E-state index in [0.717, 1.165) is 16.6 Å². The molecule has 0 fully saturated rings. The van der Waals surface area contributed by atoms with Crippen molar-refractivity contribution in [3.05, 3.63) is 68.0 Å². The van der Waals surface area contributed by atoms with Gasteiger partial charge in [0.1, 0.15) is 18.2 Å². The van der Waals surface area contributed by atoms with Gasteiger partial charge in [-0.2, -0.15) is 5.26 Å². The van der Waals surface area contributed by atoms with Crippen LogP contribution in [-0.4, -0.2) is 15.0 Å². The van der Waals surface area contributed by atoms with Crippen molar-refractivity contribution in [2.24, 2.45) is 5.92 Å². The number of nitrogens with one attached hydrogen (secondary N) is 1. The van der Waals surface area contributed by atoms with Gasteiger partial charge in [-0.25, -0.2) is 9.36 Å². The van der Waals surface area contributed by atoms with Crippen molar-refractivity contribution in [1.29, 1.82) is 5.26 Å². The zero-order valence-electron chi connectivity index (χ0n) is 16.1. The number of benzene rings is 1. The van der Waals surface area contributed by atoms with E-state index in [-0.39, 0.29) is 11.6 Å². The minimum atomic E-state index is -0.684. The van der Waals surface area contributed by atoms with Gasteiger partial charge in [-0.15, -0.1) is 0 Å². The average molecular weight is 380 g/mol. The van der Waals surface area contributed by atoms with E-state index in [1.54, 1.807) is 0 Å². The highest BCUT2D eigenvalue weighted by Gasteiger charge is 2.24. The second-order valence-corrected chi connectivity index (χ2v) is 7.52. The highest BCUT2D eigenvalue weighted by Crippen LogP contribution is 2.21. The molecule has 0 bridgehead atoms. The fraction of sp³-hybridized carbons (Fsp3) is 0.429. The smallest absolute Gasteiger partial charge is 0.331 e. The Kier molecular flexibility index (Phi) is 5.78. The number of rotatable bonds is 6. The predicted molar refractivity (Wildman–Crippen MR) is 105 cm³/mol. The maximum atomic E-state index is 12.7. The van der Waals surface area contributed by atoms with Crippen LogP contribution >= 0.6 is 0 Å². The summed E-state index contributed by atoms with van der Waals surface area (Å²) in [7, 11) is 0. The van der Waals surface area contributed by atoms with Crippen molar-refractivity contribution in [3.63, 3.8) is 0 Å². The Balaban J connectivity index is 1.88. The number of amides is 1. The molecule has 1 amide bonds. The van der Waals surface area contributed by atoms with Crippen LogP contribution < -0.4 is 16.6 Å². The summed E-state index contributed by atoms with van der Waals surface area (Å²) in [5.74, 6) is -0.0693. The van der Waals surface area contributed by atoms with Crippen molar-refractivity contribution >= 4 is 5.91 Å². The third-order valence-corrected chi connectivity index (χ3v) is 4.99. The van der Waals surface area contributed by atoms with Gasteiger partial charge < -0.3 is 5.32 Å². The van der Waals surface area contributed by atoms with Crippen LogP contribution in [0.5, 0.6) is 0 Å². The molecular formula is C21H24N4O3. The Morgan fingerprint density at radius 3 is 2.61 bits per heavy atom. The predicted octanol–water partition coefficient (Wildman–Crippen LogP) is 1.73. The lowest BCUT2D eigenvalue weighted by atomic mass is 9.97. The van der Waals surface area contributed by atoms with Crippen molar-refractivity contribution in [2.75, 3.05) is 0 Å². The molecule has 7 heteroatoms. The van der Waals surface area contributed by atoms with Gasteiger partial charge in [-0.1, -0.05) is 44.2 Å². The first-order valence-corrected chi connectivity index (χ1v) is 9.53. The first-order valence-electron chi connectivity index (χ1n) is 9.53. The Morgan fingerprint density at radius 2 is 1.96 bits per heavy atom. The molecule has 0 aliphatic carbocycles. The van der Waals surface area contributed by atoms with E-state index in [2.05, 4.69) is 19.2 Å². The van der Waals surface area contributed by atoms with E-state index < -0.39 is 23.7 Å². The van der Waals surface area contributed by atoms with E-state index >= 15 is 0 Å². The number of fused-ring (bicyclic) bond motifs is 1. The van der Waals surface area contributed by atoms with Gasteiger partial charge in [0.2, 0.25) is 5.91 Å². The molecule has 0 spiro atoms. The standard InChI is InChI=1S/C21H24N4O3/c1-14(2)11-17(15-7-4-3-5-8-15)23-19(26)13-25-20(27)16(12-22)18-9-6-10-24(18)21(25)28/h3-5,7-8,14,17H,6,9-11,13H2,1-2H3,(H,23,26)/t17-/m1/s1. The van der Waals surface area contributed by atoms with Crippen LogP contribution in [0.25, 0.3) is 0 Å². The lowest BCUT2D eigenvalue weighted by Gasteiger charge is -2.21. The average Bonchev–Trinajstić information content (AvgIpc) is 3.15. The van der Waals surface area contributed by atoms with Gasteiger partial charge in [0.05, 0.1) is 6.04 Å². The van der Waals surface area contributed by atoms with Gasteiger partial charge in [0, 0.05) is 12.2 Å². The van der Waals surface area contributed by atoms with Gasteiger partial charge in [-0.3, -0.25) is 14.2 Å². The number of aromatic nitrogens is 2. The molecule has 1 N–H and O–H groups in total. The molecule has 1 aliphatic heterocycles. The molecule has 3 rings (SSSR count). The van der Waals surface area contributed by atoms with Gasteiger partial charge in [0.25, 0.3) is 5.56 Å². The van der Waals surface area contributed by atoms with Crippen molar-refractivity contribution in [2.45, 2.75) is 52.2 Å². The van der Waals surface area contributed by atoms with Crippen LogP contribution in [0.1, 0.15) is 49.6 Å². The maximum Gasteiger partial charge on any atom is 0.331 e. The Labute approximate surface area is 163 Å². The first-order chi connectivity index (χ1) is 13.4. The fourth-order valence-electron chi connectivity index (χ4n) is 3.71. The van der Waals surface area contributed by atoms with Crippen LogP contribution in [0.2, 0.25) is 0 Å². The third kappa shape index (κ3) is 3.91. The highest BCUT2D eigenvalue weighted by atomic mass is 16.2. The molecule has 0 radical (unpaired) electrons. The van der Waals surface area contributed by atoms with Crippen LogP contribution in [0.3, 0.4) is 0 Å². The van der Waals surface area contributed by atoms with Crippen molar-refractivity contribution < 1.29 is 4.79 Å². The van der Waals surface area contributed by atoms with Crippen LogP contribution in [-0.2, 0) is 24.3 Å². The second kappa shape index (κ2) is 8.26. The summed E-state index contributed by atoms with van der Waals surface area (Å²) in [6.45, 7) is 4.20. The number of nitrogens with zero attached hydrogens (tertiary/aromatic N) is 3. The number of hydrogen-bond acceptors (Lipinski definition) is 4. The van der Waals surface area contributed by atoms with E-state index in [1.165, 1.54) is 4.57 Å². The van der Waals surface area contributed by atoms with E-state index in [1.807, 2.05) is 36.4 Å².